The van der Waals surface area contributed by atoms with Crippen LogP contribution in [0.15, 0.2) is 0 Å². The third-order valence-electron chi connectivity index (χ3n) is 12.3. The average Bonchev–Trinajstić information content (AvgIpc) is 0.806. The molecule has 0 aliphatic heterocycles. The van der Waals surface area contributed by atoms with Crippen molar-refractivity contribution in [3.05, 3.63) is 0 Å². The lowest BCUT2D eigenvalue weighted by molar-refractivity contribution is -0.229. The molecule has 31 heteroatoms. The molecule has 0 saturated heterocycles. The molecule has 0 aromatic carbocycles. The lowest BCUT2D eigenvalue weighted by Gasteiger charge is -2.44. The van der Waals surface area contributed by atoms with E-state index in [1.165, 1.54) is 0 Å². The Morgan fingerprint density at radius 2 is 0.339 bits per heavy atom. The molecule has 8 unspecified atom stereocenters. The predicted octanol–water partition coefficient (Wildman–Crippen LogP) is 16.1. The molecule has 0 radical (unpaired) electrons. The largest absolute Gasteiger partial charge is 0.379 e. The maximum Gasteiger partial charge on any atom is 0.110 e. The molecular weight excluding hydrogens is 1600 g/mol. The molecule has 1 saturated carbocycles. The van der Waals surface area contributed by atoms with Crippen LogP contribution in [0.2, 0.25) is 0 Å². The van der Waals surface area contributed by atoms with Crippen molar-refractivity contribution in [3.8, 4) is 0 Å². The van der Waals surface area contributed by atoms with Gasteiger partial charge in [0.05, 0.1) is 210 Å². The Labute approximate surface area is 726 Å². The lowest BCUT2D eigenvalue weighted by Crippen LogP contribution is -2.56. The molecule has 1 aliphatic carbocycles. The van der Waals surface area contributed by atoms with E-state index in [0.717, 1.165) is 64.6 Å². The fourth-order valence-electron chi connectivity index (χ4n) is 7.95. The highest BCUT2D eigenvalue weighted by atomic mass is 32.2. The van der Waals surface area contributed by atoms with Crippen molar-refractivity contribution in [2.24, 2.45) is 0 Å². The van der Waals surface area contributed by atoms with E-state index in [0.29, 0.717) is 191 Å². The van der Waals surface area contributed by atoms with Crippen LogP contribution in [-0.4, -0.2) is 400 Å². The Morgan fingerprint density at radius 1 is 0.188 bits per heavy atom. The third kappa shape index (κ3) is 123. The second-order valence-electron chi connectivity index (χ2n) is 23.9. The zero-order chi connectivity index (χ0) is 83.8. The predicted molar refractivity (Wildman–Crippen MR) is 496 cm³/mol. The number of hydrogen-bond acceptors (Lipinski definition) is 31. The van der Waals surface area contributed by atoms with E-state index in [1.54, 1.807) is 94.1 Å². The fraction of sp³-hybridized carbons (Fsp3) is 1.00. The van der Waals surface area contributed by atoms with E-state index in [2.05, 4.69) is 55.4 Å². The minimum absolute atomic E-state index is 0. The van der Waals surface area contributed by atoms with E-state index < -0.39 is 18.3 Å². The summed E-state index contributed by atoms with van der Waals surface area (Å²) in [7, 11) is 0. The topological polar surface area (TPSA) is 212 Å². The van der Waals surface area contributed by atoms with Crippen LogP contribution in [0.4, 0.5) is 0 Å². The summed E-state index contributed by atoms with van der Waals surface area (Å²) >= 11 is 14.0. The van der Waals surface area contributed by atoms with E-state index in [1.807, 2.05) is 100 Å². The van der Waals surface area contributed by atoms with Crippen LogP contribution in [0, 0.1) is 0 Å². The Balaban J connectivity index is -0.000000440. The van der Waals surface area contributed by atoms with Crippen LogP contribution < -0.4 is 0 Å². The molecule has 0 N–H and O–H groups in total. The highest BCUT2D eigenvalue weighted by Crippen LogP contribution is 2.31. The second-order valence-corrected chi connectivity index (χ2v) is 30.5. The van der Waals surface area contributed by atoms with Crippen molar-refractivity contribution in [1.29, 1.82) is 0 Å². The first-order valence-corrected chi connectivity index (χ1v) is 52.7. The van der Waals surface area contributed by atoms with Crippen molar-refractivity contribution in [2.45, 2.75) is 177 Å². The molecular formula is C81H182O23S8. The Bertz CT molecular complexity index is 1460. The van der Waals surface area contributed by atoms with Crippen molar-refractivity contribution < 1.29 is 109 Å². The van der Waals surface area contributed by atoms with Crippen LogP contribution in [0.25, 0.3) is 0 Å². The summed E-state index contributed by atoms with van der Waals surface area (Å²) in [4.78, 5) is 0. The van der Waals surface area contributed by atoms with Crippen molar-refractivity contribution in [3.63, 3.8) is 0 Å². The molecule has 1 aliphatic rings. The van der Waals surface area contributed by atoms with E-state index in [4.69, 9.17) is 109 Å². The number of hydrogen-bond donors (Lipinski definition) is 0. The number of thioether (sulfide) groups is 8. The molecule has 0 amide bonds. The van der Waals surface area contributed by atoms with Gasteiger partial charge in [-0.25, -0.2) is 0 Å². The normalized spacial score (nSPS) is 14.4. The van der Waals surface area contributed by atoms with Gasteiger partial charge < -0.3 is 109 Å². The Kier molecular flexibility index (Phi) is 157. The van der Waals surface area contributed by atoms with Gasteiger partial charge in [0.1, 0.15) is 36.6 Å². The zero-order valence-corrected chi connectivity index (χ0v) is 81.0. The second kappa shape index (κ2) is 131. The van der Waals surface area contributed by atoms with E-state index >= 15 is 0 Å². The molecule has 692 valence electrons. The molecule has 0 heterocycles. The van der Waals surface area contributed by atoms with Crippen LogP contribution >= 0.6 is 94.1 Å². The van der Waals surface area contributed by atoms with Gasteiger partial charge in [0.2, 0.25) is 0 Å². The van der Waals surface area contributed by atoms with Crippen LogP contribution in [0.3, 0.4) is 0 Å². The highest BCUT2D eigenvalue weighted by molar-refractivity contribution is 7.99. The fourth-order valence-corrected chi connectivity index (χ4v) is 7.95. The molecule has 112 heavy (non-hydrogen) atoms. The molecule has 0 aromatic rings. The summed E-state index contributed by atoms with van der Waals surface area (Å²) in [5.74, 6) is 0. The van der Waals surface area contributed by atoms with E-state index in [-0.39, 0.29) is 98.2 Å². The Hall–Kier alpha value is 1.88. The van der Waals surface area contributed by atoms with Gasteiger partial charge >= 0.3 is 0 Å². The first kappa shape index (κ1) is 134. The van der Waals surface area contributed by atoms with Gasteiger partial charge in [-0.3, -0.25) is 0 Å². The molecule has 23 nitrogen and oxygen atoms in total. The summed E-state index contributed by atoms with van der Waals surface area (Å²) < 4.78 is 138. The summed E-state index contributed by atoms with van der Waals surface area (Å²) in [6.45, 7) is 33.9. The number of rotatable bonds is 74. The quantitative estimate of drug-likeness (QED) is 0.0518. The summed E-state index contributed by atoms with van der Waals surface area (Å²) in [6.07, 6.45) is 38.0. The molecule has 0 spiro atoms. The summed E-state index contributed by atoms with van der Waals surface area (Å²) in [5.41, 5.74) is 0. The van der Waals surface area contributed by atoms with Gasteiger partial charge in [-0.15, -0.1) is 0 Å². The Morgan fingerprint density at radius 3 is 0.536 bits per heavy atom. The minimum atomic E-state index is -0.420. The van der Waals surface area contributed by atoms with Gasteiger partial charge in [-0.05, 0) is 151 Å². The van der Waals surface area contributed by atoms with Crippen molar-refractivity contribution in [1.82, 2.24) is 0 Å². The molecule has 1 rings (SSSR count). The van der Waals surface area contributed by atoms with Crippen molar-refractivity contribution in [2.75, 3.05) is 351 Å². The van der Waals surface area contributed by atoms with Gasteiger partial charge in [0.15, 0.2) is 0 Å². The van der Waals surface area contributed by atoms with Crippen LogP contribution in [-0.2, 0) is 109 Å². The van der Waals surface area contributed by atoms with Gasteiger partial charge in [0, 0.05) is 59.3 Å². The monoisotopic (exact) mass is 1780 g/mol. The van der Waals surface area contributed by atoms with Gasteiger partial charge in [-0.1, -0.05) is 70.2 Å². The van der Waals surface area contributed by atoms with Crippen LogP contribution in [0.1, 0.15) is 128 Å². The summed E-state index contributed by atoms with van der Waals surface area (Å²) in [6, 6.07) is 0. The average molecular weight is 1780 g/mol. The number of ether oxygens (including phenoxy) is 23. The maximum atomic E-state index is 6.61. The first-order valence-electron chi connectivity index (χ1n) is 39.6. The van der Waals surface area contributed by atoms with Crippen molar-refractivity contribution >= 4 is 94.1 Å². The molecule has 0 bridgehead atoms. The molecule has 1 fully saturated rings. The molecule has 8 atom stereocenters. The van der Waals surface area contributed by atoms with Gasteiger partial charge in [-0.2, -0.15) is 94.1 Å². The highest BCUT2D eigenvalue weighted by Gasteiger charge is 2.44. The standard InChI is InChI=1S/C63H126O23.8C2H6S.2CH4/c1-9-17-64-25-27-72-29-31-74-46-56(79-39-33-66-19-11-3)48-76-50-58(81-41-35-68-21-13-5)51-78-53-60(83-43-37-70-23-15-7)55-86-62-45-61(63(62)84-44-38-71-24-16-8)85-54-59(82-42-36-69-22-14-6)52-77-49-57(80-40-34-67-20-12-4)47-75-32-30-73-28-26-65-18-10-2;8*1-3-2;;/h56-63H,9-55H2,1-8H3;8*1-2H3;2*1H4. The van der Waals surface area contributed by atoms with Gasteiger partial charge in [0.25, 0.3) is 0 Å². The third-order valence-corrected chi connectivity index (χ3v) is 12.3. The molecule has 0 aromatic heterocycles. The van der Waals surface area contributed by atoms with E-state index in [9.17, 15) is 0 Å². The SMILES string of the molecule is C.C.CCCOCCOCCOCC(COCC(COCC(COC1CC(OCC(COCC(COCCOCCOCCC)OCCOCCC)OCCOCCC)C1OCCOCCC)OCCOCCC)OCCOCCC)OCCOCCC.CSC.CSC.CSC.CSC.CSC.CSC.CSC.CSC. The smallest absolute Gasteiger partial charge is 0.110 e. The lowest BCUT2D eigenvalue weighted by atomic mass is 9.87. The maximum absolute atomic E-state index is 6.61. The summed E-state index contributed by atoms with van der Waals surface area (Å²) in [5, 5.41) is 0. The minimum Gasteiger partial charge on any atom is -0.379 e. The van der Waals surface area contributed by atoms with Crippen LogP contribution in [0.5, 0.6) is 0 Å². The zero-order valence-electron chi connectivity index (χ0n) is 74.5. The first-order chi connectivity index (χ1) is 53.8.